The minimum absolute atomic E-state index is 0.322. The van der Waals surface area contributed by atoms with Gasteiger partial charge in [0.15, 0.2) is 5.82 Å². The zero-order valence-electron chi connectivity index (χ0n) is 12.7. The quantitative estimate of drug-likeness (QED) is 0.825. The van der Waals surface area contributed by atoms with E-state index in [0.29, 0.717) is 17.7 Å². The summed E-state index contributed by atoms with van der Waals surface area (Å²) in [6.45, 7) is 0.869. The van der Waals surface area contributed by atoms with Crippen LogP contribution in [0.25, 0.3) is 11.4 Å². The van der Waals surface area contributed by atoms with Gasteiger partial charge in [0.25, 0.3) is 0 Å². The Bertz CT molecular complexity index is 626. The fraction of sp³-hybridized carbons (Fsp3) is 0.467. The first kappa shape index (κ1) is 15.2. The molecule has 7 heteroatoms. The summed E-state index contributed by atoms with van der Waals surface area (Å²) in [5.41, 5.74) is 0.861. The molecule has 1 aromatic carbocycles. The number of aromatic nitrogens is 3. The van der Waals surface area contributed by atoms with Gasteiger partial charge in [0, 0.05) is 18.4 Å². The first-order valence-electron chi connectivity index (χ1n) is 7.19. The van der Waals surface area contributed by atoms with Crippen LogP contribution in [0.3, 0.4) is 0 Å². The molecule has 1 aliphatic rings. The maximum Gasteiger partial charge on any atom is 0.208 e. The van der Waals surface area contributed by atoms with Crippen LogP contribution < -0.4 is 9.47 Å². The van der Waals surface area contributed by atoms with Crippen LogP contribution in [0.5, 0.6) is 11.5 Å². The Morgan fingerprint density at radius 2 is 2.27 bits per heavy atom. The molecule has 3 rings (SSSR count). The number of nitrogens with zero attached hydrogens (tertiary/aromatic N) is 2. The van der Waals surface area contributed by atoms with Crippen LogP contribution >= 0.6 is 11.8 Å². The molecule has 1 aliphatic heterocycles. The van der Waals surface area contributed by atoms with E-state index >= 15 is 0 Å². The lowest BCUT2D eigenvalue weighted by Gasteiger charge is -2.08. The van der Waals surface area contributed by atoms with Crippen LogP contribution in [-0.2, 0) is 4.74 Å². The van der Waals surface area contributed by atoms with Crippen LogP contribution in [0.2, 0.25) is 0 Å². The van der Waals surface area contributed by atoms with E-state index in [-0.39, 0.29) is 0 Å². The number of H-pyrrole nitrogens is 1. The second-order valence-electron chi connectivity index (χ2n) is 4.98. The molecule has 0 amide bonds. The van der Waals surface area contributed by atoms with E-state index in [1.807, 2.05) is 18.2 Å². The Morgan fingerprint density at radius 1 is 1.36 bits per heavy atom. The lowest BCUT2D eigenvalue weighted by molar-refractivity contribution is 0.129. The van der Waals surface area contributed by atoms with Crippen molar-refractivity contribution < 1.29 is 14.2 Å². The molecule has 6 nitrogen and oxygen atoms in total. The number of rotatable bonds is 6. The number of methoxy groups -OCH3 is 2. The topological polar surface area (TPSA) is 69.3 Å². The lowest BCUT2D eigenvalue weighted by atomic mass is 10.2. The second-order valence-corrected chi connectivity index (χ2v) is 5.97. The van der Waals surface area contributed by atoms with Crippen LogP contribution in [0, 0.1) is 0 Å². The Morgan fingerprint density at radius 3 is 3.00 bits per heavy atom. The Balaban J connectivity index is 1.72. The highest BCUT2D eigenvalue weighted by Crippen LogP contribution is 2.32. The molecule has 1 atom stereocenters. The van der Waals surface area contributed by atoms with Gasteiger partial charge in [-0.05, 0) is 25.0 Å². The molecule has 0 radical (unpaired) electrons. The fourth-order valence-electron chi connectivity index (χ4n) is 2.37. The van der Waals surface area contributed by atoms with E-state index in [1.54, 1.807) is 26.0 Å². The summed E-state index contributed by atoms with van der Waals surface area (Å²) >= 11 is 1.61. The van der Waals surface area contributed by atoms with Gasteiger partial charge in [-0.2, -0.15) is 0 Å². The molecule has 1 aromatic heterocycles. The van der Waals surface area contributed by atoms with Crippen molar-refractivity contribution in [1.82, 2.24) is 15.2 Å². The van der Waals surface area contributed by atoms with Gasteiger partial charge in [0.05, 0.1) is 25.9 Å². The number of benzene rings is 1. The third-order valence-corrected chi connectivity index (χ3v) is 4.53. The molecular weight excluding hydrogens is 302 g/mol. The largest absolute Gasteiger partial charge is 0.497 e. The van der Waals surface area contributed by atoms with Crippen molar-refractivity contribution in [3.8, 4) is 22.9 Å². The molecule has 2 aromatic rings. The maximum absolute atomic E-state index is 5.61. The third-order valence-electron chi connectivity index (χ3n) is 3.55. The molecule has 0 aliphatic carbocycles. The van der Waals surface area contributed by atoms with Crippen molar-refractivity contribution in [2.24, 2.45) is 0 Å². The highest BCUT2D eigenvalue weighted by molar-refractivity contribution is 7.99. The summed E-state index contributed by atoms with van der Waals surface area (Å²) in [5.74, 6) is 3.02. The van der Waals surface area contributed by atoms with Gasteiger partial charge in [-0.1, -0.05) is 11.8 Å². The van der Waals surface area contributed by atoms with Crippen LogP contribution in [0.1, 0.15) is 12.8 Å². The monoisotopic (exact) mass is 321 g/mol. The Labute approximate surface area is 133 Å². The molecule has 1 saturated heterocycles. The molecule has 0 spiro atoms. The maximum atomic E-state index is 5.61. The van der Waals surface area contributed by atoms with Gasteiger partial charge in [-0.15, -0.1) is 5.10 Å². The first-order chi connectivity index (χ1) is 10.8. The number of ether oxygens (including phenoxy) is 3. The lowest BCUT2D eigenvalue weighted by Crippen LogP contribution is -2.07. The van der Waals surface area contributed by atoms with Crippen molar-refractivity contribution in [2.45, 2.75) is 24.1 Å². The zero-order chi connectivity index (χ0) is 15.4. The second kappa shape index (κ2) is 7.02. The van der Waals surface area contributed by atoms with Crippen molar-refractivity contribution in [1.29, 1.82) is 0 Å². The van der Waals surface area contributed by atoms with Crippen LogP contribution in [0.15, 0.2) is 23.4 Å². The zero-order valence-corrected chi connectivity index (χ0v) is 13.5. The number of thioether (sulfide) groups is 1. The molecule has 0 unspecified atom stereocenters. The predicted molar refractivity (Wildman–Crippen MR) is 84.6 cm³/mol. The molecule has 1 N–H and O–H groups in total. The molecule has 2 heterocycles. The molecule has 22 heavy (non-hydrogen) atoms. The summed E-state index contributed by atoms with van der Waals surface area (Å²) in [4.78, 5) is 4.53. The SMILES string of the molecule is COc1ccc(-c2nc(SC[C@H]3CCCO3)n[nH]2)c(OC)c1. The molecule has 0 saturated carbocycles. The highest BCUT2D eigenvalue weighted by Gasteiger charge is 2.17. The minimum atomic E-state index is 0.322. The highest BCUT2D eigenvalue weighted by atomic mass is 32.2. The van der Waals surface area contributed by atoms with Gasteiger partial charge >= 0.3 is 0 Å². The Hall–Kier alpha value is -1.73. The molecular formula is C15H19N3O3S. The Kier molecular flexibility index (Phi) is 4.84. The van der Waals surface area contributed by atoms with Crippen LogP contribution in [-0.4, -0.2) is 47.9 Å². The van der Waals surface area contributed by atoms with Crippen molar-refractivity contribution >= 4 is 11.8 Å². The average Bonchev–Trinajstić information content (AvgIpc) is 3.23. The van der Waals surface area contributed by atoms with E-state index in [4.69, 9.17) is 14.2 Å². The van der Waals surface area contributed by atoms with Gasteiger partial charge in [0.1, 0.15) is 11.5 Å². The summed E-state index contributed by atoms with van der Waals surface area (Å²) in [6.07, 6.45) is 2.59. The standard InChI is InChI=1S/C15H19N3O3S/c1-19-10-5-6-12(13(8-10)20-2)14-16-15(18-17-14)22-9-11-4-3-7-21-11/h5-6,8,11H,3-4,7,9H2,1-2H3,(H,16,17,18)/t11-/m1/s1. The third kappa shape index (κ3) is 3.36. The van der Waals surface area contributed by atoms with E-state index in [2.05, 4.69) is 15.2 Å². The summed E-state index contributed by atoms with van der Waals surface area (Å²) in [5, 5.41) is 7.95. The van der Waals surface area contributed by atoms with E-state index in [1.165, 1.54) is 0 Å². The summed E-state index contributed by atoms with van der Waals surface area (Å²) < 4.78 is 16.2. The number of hydrogen-bond donors (Lipinski definition) is 1. The van der Waals surface area contributed by atoms with Gasteiger partial charge in [-0.3, -0.25) is 5.10 Å². The minimum Gasteiger partial charge on any atom is -0.497 e. The smallest absolute Gasteiger partial charge is 0.208 e. The fourth-order valence-corrected chi connectivity index (χ4v) is 3.23. The molecule has 1 fully saturated rings. The number of aromatic amines is 1. The van der Waals surface area contributed by atoms with E-state index in [9.17, 15) is 0 Å². The van der Waals surface area contributed by atoms with E-state index in [0.717, 1.165) is 41.7 Å². The van der Waals surface area contributed by atoms with Crippen molar-refractivity contribution in [3.63, 3.8) is 0 Å². The normalized spacial score (nSPS) is 17.6. The number of nitrogens with one attached hydrogen (secondary N) is 1. The van der Waals surface area contributed by atoms with Crippen LogP contribution in [0.4, 0.5) is 0 Å². The first-order valence-corrected chi connectivity index (χ1v) is 8.18. The van der Waals surface area contributed by atoms with Gasteiger partial charge < -0.3 is 14.2 Å². The molecule has 118 valence electrons. The summed E-state index contributed by atoms with van der Waals surface area (Å²) in [7, 11) is 3.25. The van der Waals surface area contributed by atoms with E-state index < -0.39 is 0 Å². The number of hydrogen-bond acceptors (Lipinski definition) is 6. The van der Waals surface area contributed by atoms with Crippen molar-refractivity contribution in [2.75, 3.05) is 26.6 Å². The molecule has 0 bridgehead atoms. The predicted octanol–water partition coefficient (Wildman–Crippen LogP) is 2.76. The van der Waals surface area contributed by atoms with Crippen molar-refractivity contribution in [3.05, 3.63) is 18.2 Å². The average molecular weight is 321 g/mol. The summed E-state index contributed by atoms with van der Waals surface area (Å²) in [6, 6.07) is 5.61. The van der Waals surface area contributed by atoms with Gasteiger partial charge in [-0.25, -0.2) is 4.98 Å². The van der Waals surface area contributed by atoms with Gasteiger partial charge in [0.2, 0.25) is 5.16 Å².